The van der Waals surface area contributed by atoms with E-state index in [1.807, 2.05) is 29.2 Å². The van der Waals surface area contributed by atoms with Crippen LogP contribution >= 0.6 is 11.6 Å². The van der Waals surface area contributed by atoms with Gasteiger partial charge in [-0.15, -0.1) is 0 Å². The van der Waals surface area contributed by atoms with E-state index < -0.39 is 0 Å². The third-order valence-corrected chi connectivity index (χ3v) is 3.79. The van der Waals surface area contributed by atoms with Gasteiger partial charge in [0.2, 0.25) is 5.91 Å². The second-order valence-corrected chi connectivity index (χ2v) is 5.42. The quantitative estimate of drug-likeness (QED) is 0.853. The van der Waals surface area contributed by atoms with Crippen molar-refractivity contribution in [2.24, 2.45) is 5.92 Å². The van der Waals surface area contributed by atoms with Gasteiger partial charge in [0.05, 0.1) is 13.2 Å². The number of amides is 1. The Bertz CT molecular complexity index is 452. The molecule has 0 N–H and O–H groups in total. The van der Waals surface area contributed by atoms with Crippen LogP contribution in [0.25, 0.3) is 0 Å². The summed E-state index contributed by atoms with van der Waals surface area (Å²) in [6.45, 7) is 2.67. The summed E-state index contributed by atoms with van der Waals surface area (Å²) in [4.78, 5) is 13.8. The topological polar surface area (TPSA) is 38.8 Å². The van der Waals surface area contributed by atoms with Crippen LogP contribution in [0.5, 0.6) is 0 Å². The first-order valence-corrected chi connectivity index (χ1v) is 7.16. The number of ether oxygens (including phenoxy) is 2. The molecule has 1 unspecified atom stereocenters. The summed E-state index contributed by atoms with van der Waals surface area (Å²) < 4.78 is 10.5. The van der Waals surface area contributed by atoms with Gasteiger partial charge in [-0.3, -0.25) is 4.79 Å². The van der Waals surface area contributed by atoms with Crippen molar-refractivity contribution in [1.29, 1.82) is 0 Å². The smallest absolute Gasteiger partial charge is 0.248 e. The van der Waals surface area contributed by atoms with Gasteiger partial charge in [0, 0.05) is 31.1 Å². The van der Waals surface area contributed by atoms with Gasteiger partial charge in [-0.2, -0.15) is 0 Å². The molecule has 1 aromatic rings. The van der Waals surface area contributed by atoms with Gasteiger partial charge in [0.25, 0.3) is 0 Å². The van der Waals surface area contributed by atoms with E-state index in [9.17, 15) is 4.79 Å². The third kappa shape index (κ3) is 4.20. The Hall–Kier alpha value is -1.10. The molecule has 0 radical (unpaired) electrons. The predicted molar refractivity (Wildman–Crippen MR) is 77.9 cm³/mol. The van der Waals surface area contributed by atoms with Gasteiger partial charge in [0.15, 0.2) is 0 Å². The monoisotopic (exact) mass is 297 g/mol. The number of rotatable bonds is 4. The second kappa shape index (κ2) is 7.62. The summed E-state index contributed by atoms with van der Waals surface area (Å²) in [6, 6.07) is 7.81. The van der Waals surface area contributed by atoms with Gasteiger partial charge in [0.1, 0.15) is 6.61 Å². The molecular formula is C15H20ClNO3. The predicted octanol–water partition coefficient (Wildman–Crippen LogP) is 2.00. The van der Waals surface area contributed by atoms with Crippen LogP contribution in [-0.4, -0.2) is 50.8 Å². The molecule has 110 valence electrons. The summed E-state index contributed by atoms with van der Waals surface area (Å²) in [7, 11) is 1.54. The number of carbonyl (C=O) groups is 1. The van der Waals surface area contributed by atoms with Gasteiger partial charge in [-0.25, -0.2) is 0 Å². The van der Waals surface area contributed by atoms with Crippen molar-refractivity contribution in [2.75, 3.05) is 40.0 Å². The van der Waals surface area contributed by atoms with Crippen LogP contribution in [0.4, 0.5) is 0 Å². The number of halogens is 1. The molecule has 1 aromatic carbocycles. The molecule has 5 heteroatoms. The molecule has 1 amide bonds. The summed E-state index contributed by atoms with van der Waals surface area (Å²) in [5, 5.41) is 0.770. The van der Waals surface area contributed by atoms with Crippen molar-refractivity contribution < 1.29 is 14.3 Å². The normalized spacial score (nSPS) is 19.7. The Labute approximate surface area is 124 Å². The highest BCUT2D eigenvalue weighted by atomic mass is 35.5. The molecule has 0 spiro atoms. The maximum absolute atomic E-state index is 11.9. The molecule has 1 aliphatic heterocycles. The minimum absolute atomic E-state index is 0.0159. The molecule has 0 saturated carbocycles. The van der Waals surface area contributed by atoms with Crippen LogP contribution in [0, 0.1) is 5.92 Å². The van der Waals surface area contributed by atoms with Crippen LogP contribution < -0.4 is 0 Å². The van der Waals surface area contributed by atoms with E-state index in [0.717, 1.165) is 17.0 Å². The van der Waals surface area contributed by atoms with Crippen molar-refractivity contribution >= 4 is 17.5 Å². The van der Waals surface area contributed by atoms with Crippen molar-refractivity contribution in [3.8, 4) is 0 Å². The highest BCUT2D eigenvalue weighted by molar-refractivity contribution is 6.31. The zero-order valence-electron chi connectivity index (χ0n) is 11.7. The van der Waals surface area contributed by atoms with Crippen molar-refractivity contribution in [3.63, 3.8) is 0 Å². The number of hydrogen-bond donors (Lipinski definition) is 0. The van der Waals surface area contributed by atoms with Crippen molar-refractivity contribution in [3.05, 3.63) is 34.9 Å². The van der Waals surface area contributed by atoms with E-state index in [1.54, 1.807) is 0 Å². The van der Waals surface area contributed by atoms with Gasteiger partial charge >= 0.3 is 0 Å². The Morgan fingerprint density at radius 1 is 1.50 bits per heavy atom. The number of benzene rings is 1. The van der Waals surface area contributed by atoms with E-state index in [2.05, 4.69) is 0 Å². The van der Waals surface area contributed by atoms with Crippen LogP contribution in [0.2, 0.25) is 5.02 Å². The van der Waals surface area contributed by atoms with Crippen LogP contribution in [-0.2, 0) is 20.7 Å². The lowest BCUT2D eigenvalue weighted by molar-refractivity contribution is -0.135. The number of carbonyl (C=O) groups excluding carboxylic acids is 1. The SMILES string of the molecule is COCC(=O)N1CCOCC(Cc2ccccc2Cl)C1. The first-order chi connectivity index (χ1) is 9.70. The fourth-order valence-corrected chi connectivity index (χ4v) is 2.63. The van der Waals surface area contributed by atoms with Crippen molar-refractivity contribution in [2.45, 2.75) is 6.42 Å². The number of methoxy groups -OCH3 is 1. The van der Waals surface area contributed by atoms with Crippen LogP contribution in [0.1, 0.15) is 5.56 Å². The Balaban J connectivity index is 2.00. The highest BCUT2D eigenvalue weighted by Crippen LogP contribution is 2.20. The minimum atomic E-state index is 0.0159. The Kier molecular flexibility index (Phi) is 5.83. The molecule has 1 heterocycles. The lowest BCUT2D eigenvalue weighted by Gasteiger charge is -2.23. The number of nitrogens with zero attached hydrogens (tertiary/aromatic N) is 1. The molecule has 1 fully saturated rings. The minimum Gasteiger partial charge on any atom is -0.379 e. The largest absolute Gasteiger partial charge is 0.379 e. The molecule has 4 nitrogen and oxygen atoms in total. The lowest BCUT2D eigenvalue weighted by Crippen LogP contribution is -2.38. The van der Waals surface area contributed by atoms with E-state index in [4.69, 9.17) is 21.1 Å². The van der Waals surface area contributed by atoms with Gasteiger partial charge in [-0.1, -0.05) is 29.8 Å². The van der Waals surface area contributed by atoms with Gasteiger partial charge < -0.3 is 14.4 Å². The van der Waals surface area contributed by atoms with E-state index >= 15 is 0 Å². The fraction of sp³-hybridized carbons (Fsp3) is 0.533. The van der Waals surface area contributed by atoms with E-state index in [-0.39, 0.29) is 18.4 Å². The van der Waals surface area contributed by atoms with Gasteiger partial charge in [-0.05, 0) is 18.1 Å². The van der Waals surface area contributed by atoms with Crippen LogP contribution in [0.15, 0.2) is 24.3 Å². The summed E-state index contributed by atoms with van der Waals surface area (Å²) >= 11 is 6.19. The zero-order valence-corrected chi connectivity index (χ0v) is 12.4. The second-order valence-electron chi connectivity index (χ2n) is 5.01. The number of hydrogen-bond acceptors (Lipinski definition) is 3. The molecule has 0 bridgehead atoms. The summed E-state index contributed by atoms with van der Waals surface area (Å²) in [5.41, 5.74) is 1.10. The third-order valence-electron chi connectivity index (χ3n) is 3.42. The molecule has 1 aliphatic rings. The van der Waals surface area contributed by atoms with E-state index in [1.165, 1.54) is 7.11 Å². The molecule has 1 saturated heterocycles. The molecule has 2 rings (SSSR count). The van der Waals surface area contributed by atoms with Crippen LogP contribution in [0.3, 0.4) is 0 Å². The average molecular weight is 298 g/mol. The summed E-state index contributed by atoms with van der Waals surface area (Å²) in [5.74, 6) is 0.278. The summed E-state index contributed by atoms with van der Waals surface area (Å²) in [6.07, 6.45) is 0.816. The molecular weight excluding hydrogens is 278 g/mol. The maximum Gasteiger partial charge on any atom is 0.248 e. The molecule has 0 aliphatic carbocycles. The Morgan fingerprint density at radius 2 is 2.30 bits per heavy atom. The standard InChI is InChI=1S/C15H20ClNO3/c1-19-11-15(18)17-6-7-20-10-12(9-17)8-13-4-2-3-5-14(13)16/h2-5,12H,6-11H2,1H3. The Morgan fingerprint density at radius 3 is 3.05 bits per heavy atom. The first kappa shape index (κ1) is 15.3. The van der Waals surface area contributed by atoms with Crippen molar-refractivity contribution in [1.82, 2.24) is 4.90 Å². The zero-order chi connectivity index (χ0) is 14.4. The molecule has 0 aromatic heterocycles. The molecule has 1 atom stereocenters. The maximum atomic E-state index is 11.9. The first-order valence-electron chi connectivity index (χ1n) is 6.78. The van der Waals surface area contributed by atoms with E-state index in [0.29, 0.717) is 26.3 Å². The highest BCUT2D eigenvalue weighted by Gasteiger charge is 2.23. The average Bonchev–Trinajstić information content (AvgIpc) is 2.67. The molecule has 20 heavy (non-hydrogen) atoms. The fourth-order valence-electron chi connectivity index (χ4n) is 2.42. The lowest BCUT2D eigenvalue weighted by atomic mass is 9.99.